The van der Waals surface area contributed by atoms with Crippen LogP contribution in [0.4, 0.5) is 0 Å². The summed E-state index contributed by atoms with van der Waals surface area (Å²) in [6.45, 7) is -1.35. The number of benzene rings is 6. The number of ether oxygens (including phenoxy) is 6. The van der Waals surface area contributed by atoms with Crippen LogP contribution in [0.1, 0.15) is 84.2 Å². The first kappa shape index (κ1) is 91.6. The van der Waals surface area contributed by atoms with Crippen molar-refractivity contribution in [3.05, 3.63) is 194 Å². The molecular formula is C60H54N6Na6O24S6. The Kier molecular flexibility index (Phi) is 32.9. The molecule has 10 rings (SSSR count). The molecule has 1 aliphatic carbocycles. The third-order valence-corrected chi connectivity index (χ3v) is 20.6. The monoisotopic (exact) mass is 1570 g/mol. The average molecular weight is 1570 g/mol. The molecule has 1 aliphatic rings. The fourth-order valence-corrected chi connectivity index (χ4v) is 14.8. The SMILES string of the molecule is COc1c2cc(S(=O)(=O)[O-])cc1Cc1cc(S(=O)(=O)[O-])cc(c1OCc1nccn1C)Cc1cc(S(=O)(=O)[O-])cc(c1OC)Cc1cc(S(=O)(=O)[O-])cc(c1OCc1nccn1C)Cc1cc(S(=O)(=O)[O-])cc(c1OC)Cc1cc(S(=O)(=O)[O-])cc(c1OCc1nccn1C)C2.[Na+].[Na+].[Na+].[Na+].[Na+].[Na+]. The molecule has 3 aromatic heterocycles. The van der Waals surface area contributed by atoms with Gasteiger partial charge in [0.2, 0.25) is 0 Å². The maximum Gasteiger partial charge on any atom is 1.00 e. The molecule has 0 atom stereocenters. The van der Waals surface area contributed by atoms with Crippen LogP contribution in [0.5, 0.6) is 34.5 Å². The van der Waals surface area contributed by atoms with Crippen molar-refractivity contribution in [3.8, 4) is 34.5 Å². The molecule has 0 fully saturated rings. The molecular weight excluding hydrogens is 1520 g/mol. The van der Waals surface area contributed by atoms with Crippen LogP contribution in [0.15, 0.2) is 139 Å². The van der Waals surface area contributed by atoms with Gasteiger partial charge >= 0.3 is 177 Å². The van der Waals surface area contributed by atoms with Gasteiger partial charge in [0.25, 0.3) is 0 Å². The van der Waals surface area contributed by atoms with Gasteiger partial charge < -0.3 is 69.4 Å². The Balaban J connectivity index is 0.00000367. The van der Waals surface area contributed by atoms with Gasteiger partial charge in [-0.05, 0) is 72.8 Å². The van der Waals surface area contributed by atoms with Crippen LogP contribution in [0, 0.1) is 0 Å². The van der Waals surface area contributed by atoms with Gasteiger partial charge in [-0.15, -0.1) is 0 Å². The Labute approximate surface area is 721 Å². The van der Waals surface area contributed by atoms with Gasteiger partial charge in [-0.1, -0.05) is 0 Å². The first-order chi connectivity index (χ1) is 44.9. The predicted octanol–water partition coefficient (Wildman–Crippen LogP) is -14.0. The van der Waals surface area contributed by atoms with E-state index in [4.69, 9.17) is 28.4 Å². The minimum absolute atomic E-state index is 0. The number of methoxy groups -OCH3 is 3. The van der Waals surface area contributed by atoms with E-state index in [1.807, 2.05) is 0 Å². The van der Waals surface area contributed by atoms with E-state index in [0.29, 0.717) is 0 Å². The molecule has 3 heterocycles. The molecule has 0 amide bonds. The number of fused-ring (bicyclic) bond motifs is 12. The summed E-state index contributed by atoms with van der Waals surface area (Å²) in [6, 6.07) is 10.4. The van der Waals surface area contributed by atoms with E-state index >= 15 is 0 Å². The quantitative estimate of drug-likeness (QED) is 0.0568. The Morgan fingerprint density at radius 2 is 0.441 bits per heavy atom. The summed E-state index contributed by atoms with van der Waals surface area (Å²) in [7, 11) is -25.2. The fraction of sp³-hybridized carbons (Fsp3) is 0.250. The topological polar surface area (TPSA) is 452 Å². The van der Waals surface area contributed by atoms with Crippen molar-refractivity contribution in [2.45, 2.75) is 87.7 Å². The van der Waals surface area contributed by atoms with Gasteiger partial charge in [0, 0.05) is 164 Å². The number of hydrogen-bond acceptors (Lipinski definition) is 27. The van der Waals surface area contributed by atoms with Gasteiger partial charge in [0.1, 0.15) is 132 Å². The second kappa shape index (κ2) is 36.6. The zero-order chi connectivity index (χ0) is 69.8. The third-order valence-electron chi connectivity index (χ3n) is 15.7. The zero-order valence-electron chi connectivity index (χ0n) is 57.2. The maximum atomic E-state index is 13.4. The molecule has 0 N–H and O–H groups in total. The smallest absolute Gasteiger partial charge is 0.744 e. The molecule has 0 unspecified atom stereocenters. The molecule has 0 saturated carbocycles. The van der Waals surface area contributed by atoms with Crippen molar-refractivity contribution < 1.29 is 284 Å². The van der Waals surface area contributed by atoms with Crippen molar-refractivity contribution in [3.63, 3.8) is 0 Å². The van der Waals surface area contributed by atoms with Crippen molar-refractivity contribution in [2.75, 3.05) is 21.3 Å². The molecule has 510 valence electrons. The minimum atomic E-state index is -5.56. The minimum Gasteiger partial charge on any atom is -0.744 e. The molecule has 0 radical (unpaired) electrons. The fourth-order valence-electron chi connectivity index (χ4n) is 11.4. The third kappa shape index (κ3) is 21.6. The van der Waals surface area contributed by atoms with Crippen LogP contribution in [-0.4, -0.2) is 128 Å². The number of aromatic nitrogens is 6. The Morgan fingerprint density at radius 1 is 0.294 bits per heavy atom. The average Bonchev–Trinajstić information content (AvgIpc) is 0.782. The molecule has 9 aromatic rings. The van der Waals surface area contributed by atoms with Crippen LogP contribution < -0.4 is 206 Å². The van der Waals surface area contributed by atoms with Crippen LogP contribution >= 0.6 is 0 Å². The van der Waals surface area contributed by atoms with E-state index in [2.05, 4.69) is 15.0 Å². The van der Waals surface area contributed by atoms with Crippen molar-refractivity contribution >= 4 is 60.7 Å². The number of hydrogen-bond donors (Lipinski definition) is 0. The number of imidazole rings is 3. The van der Waals surface area contributed by atoms with Gasteiger partial charge in [-0.2, -0.15) is 0 Å². The van der Waals surface area contributed by atoms with E-state index in [-0.39, 0.29) is 296 Å². The van der Waals surface area contributed by atoms with Gasteiger partial charge in [-0.3, -0.25) is 0 Å². The summed E-state index contributed by atoms with van der Waals surface area (Å²) in [5, 5.41) is 0. The summed E-state index contributed by atoms with van der Waals surface area (Å²) in [5.74, 6) is -1.03. The second-order valence-corrected chi connectivity index (χ2v) is 30.3. The van der Waals surface area contributed by atoms with Crippen molar-refractivity contribution in [1.29, 1.82) is 0 Å². The van der Waals surface area contributed by atoms with E-state index in [1.165, 1.54) is 32.3 Å². The standard InChI is InChI=1S/C60H60N6O24S6.6Na/c1-64-10-7-61-52(64)31-88-58-40-13-34-19-46(91(67,68)69)21-36(55(34)85-4)15-42-27-50(95(79,80)81)29-44(59(42)89-32-53-62-8-11-65(53)2)17-38-23-48(93(73,74)75)24-39(57(38)87-6)18-45-30-51(96(82,83)84)28-43(60(45)90-33-54-63-9-12-66(54)3)16-37-22-47(92(70,71)72)20-35(56(37)86-5)14-41(58)26-49(25-40)94(76,77)78;;;;;;/h7-12,19-30H,13-18,31-33H2,1-6H3,(H,67,68,69)(H,70,71,72)(H,73,74,75)(H,76,77,78)(H,79,80,81)(H,82,83,84);;;;;;/q;6*+1/p-6. The van der Waals surface area contributed by atoms with E-state index in [9.17, 15) is 77.8 Å². The molecule has 0 aliphatic heterocycles. The Bertz CT molecular complexity index is 4690. The number of rotatable bonds is 18. The molecule has 0 spiro atoms. The first-order valence-corrected chi connectivity index (χ1v) is 36.5. The molecule has 6 aromatic carbocycles. The van der Waals surface area contributed by atoms with Crippen molar-refractivity contribution in [1.82, 2.24) is 28.7 Å². The first-order valence-electron chi connectivity index (χ1n) is 28.0. The second-order valence-electron chi connectivity index (χ2n) is 22.1. The summed E-state index contributed by atoms with van der Waals surface area (Å²) >= 11 is 0. The van der Waals surface area contributed by atoms with E-state index in [1.54, 1.807) is 39.7 Å². The molecule has 102 heavy (non-hydrogen) atoms. The predicted molar refractivity (Wildman–Crippen MR) is 326 cm³/mol. The normalized spacial score (nSPS) is 12.6. The molecule has 30 nitrogen and oxygen atoms in total. The zero-order valence-corrected chi connectivity index (χ0v) is 74.1. The van der Waals surface area contributed by atoms with Gasteiger partial charge in [-0.25, -0.2) is 65.5 Å². The van der Waals surface area contributed by atoms with Crippen LogP contribution in [0.3, 0.4) is 0 Å². The molecule has 0 saturated heterocycles. The van der Waals surface area contributed by atoms with Crippen LogP contribution in [0.2, 0.25) is 0 Å². The number of nitrogens with zero attached hydrogens (tertiary/aromatic N) is 6. The van der Waals surface area contributed by atoms with Crippen molar-refractivity contribution in [2.24, 2.45) is 21.1 Å². The van der Waals surface area contributed by atoms with E-state index < -0.39 is 148 Å². The Hall–Kier alpha value is -2.79. The van der Waals surface area contributed by atoms with Crippen LogP contribution in [-0.2, 0) is 140 Å². The van der Waals surface area contributed by atoms with E-state index in [0.717, 1.165) is 94.1 Å². The summed E-state index contributed by atoms with van der Waals surface area (Å²) < 4.78 is 283. The summed E-state index contributed by atoms with van der Waals surface area (Å²) in [6.07, 6.45) is 4.52. The van der Waals surface area contributed by atoms with Crippen LogP contribution in [0.25, 0.3) is 0 Å². The maximum absolute atomic E-state index is 13.4. The van der Waals surface area contributed by atoms with Gasteiger partial charge in [0.05, 0.1) is 50.7 Å². The summed E-state index contributed by atoms with van der Waals surface area (Å²) in [5.41, 5.74) is -3.16. The molecule has 42 heteroatoms. The largest absolute Gasteiger partial charge is 1.00 e. The summed E-state index contributed by atoms with van der Waals surface area (Å²) in [4.78, 5) is 7.11. The number of aryl methyl sites for hydroxylation is 3. The molecule has 12 bridgehead atoms. The van der Waals surface area contributed by atoms with Gasteiger partial charge in [0.15, 0.2) is 0 Å². The Morgan fingerprint density at radius 3 is 0.559 bits per heavy atom.